The van der Waals surface area contributed by atoms with Gasteiger partial charge < -0.3 is 10.5 Å². The molecule has 2 aromatic carbocycles. The number of ether oxygens (including phenoxy) is 1. The molecule has 5 heteroatoms. The van der Waals surface area contributed by atoms with Gasteiger partial charge in [-0.25, -0.2) is 5.43 Å². The lowest BCUT2D eigenvalue weighted by molar-refractivity contribution is -0.123. The van der Waals surface area contributed by atoms with Gasteiger partial charge in [-0.1, -0.05) is 31.2 Å². The first-order valence-corrected chi connectivity index (χ1v) is 7.49. The normalized spacial score (nSPS) is 11.1. The van der Waals surface area contributed by atoms with Crippen LogP contribution in [0, 0.1) is 0 Å². The van der Waals surface area contributed by atoms with Crippen LogP contribution in [-0.4, -0.2) is 18.2 Å². The van der Waals surface area contributed by atoms with Gasteiger partial charge >= 0.3 is 0 Å². The minimum atomic E-state index is -0.306. The van der Waals surface area contributed by atoms with Crippen LogP contribution in [-0.2, 0) is 11.2 Å². The van der Waals surface area contributed by atoms with Crippen LogP contribution >= 0.6 is 0 Å². The van der Waals surface area contributed by atoms with Crippen molar-refractivity contribution in [1.29, 1.82) is 0 Å². The van der Waals surface area contributed by atoms with Crippen molar-refractivity contribution in [2.75, 3.05) is 12.3 Å². The summed E-state index contributed by atoms with van der Waals surface area (Å²) in [6.45, 7) is 3.82. The number of carbonyl (C=O) groups is 1. The Bertz CT molecular complexity index is 676. The lowest BCUT2D eigenvalue weighted by atomic mass is 10.1. The first-order chi connectivity index (χ1) is 11.1. The number of anilines is 1. The second-order valence-electron chi connectivity index (χ2n) is 5.14. The van der Waals surface area contributed by atoms with Gasteiger partial charge in [-0.05, 0) is 48.7 Å². The molecule has 0 saturated carbocycles. The van der Waals surface area contributed by atoms with Crippen LogP contribution in [0.5, 0.6) is 5.75 Å². The average molecular weight is 311 g/mol. The van der Waals surface area contributed by atoms with Crippen molar-refractivity contribution in [1.82, 2.24) is 5.43 Å². The topological polar surface area (TPSA) is 76.7 Å². The zero-order valence-electron chi connectivity index (χ0n) is 13.4. The summed E-state index contributed by atoms with van der Waals surface area (Å²) in [4.78, 5) is 11.8. The van der Waals surface area contributed by atoms with Crippen molar-refractivity contribution in [3.63, 3.8) is 0 Å². The Balaban J connectivity index is 1.84. The minimum Gasteiger partial charge on any atom is -0.484 e. The fourth-order valence-electron chi connectivity index (χ4n) is 1.94. The van der Waals surface area contributed by atoms with Crippen molar-refractivity contribution < 1.29 is 9.53 Å². The van der Waals surface area contributed by atoms with E-state index in [-0.39, 0.29) is 12.5 Å². The third-order valence-electron chi connectivity index (χ3n) is 3.38. The molecule has 0 fully saturated rings. The summed E-state index contributed by atoms with van der Waals surface area (Å²) >= 11 is 0. The van der Waals surface area contributed by atoms with E-state index in [1.54, 1.807) is 12.1 Å². The smallest absolute Gasteiger partial charge is 0.277 e. The number of rotatable bonds is 6. The maximum absolute atomic E-state index is 11.8. The summed E-state index contributed by atoms with van der Waals surface area (Å²) in [6, 6.07) is 15.0. The summed E-state index contributed by atoms with van der Waals surface area (Å²) in [6.07, 6.45) is 0.972. The third kappa shape index (κ3) is 5.14. The molecular weight excluding hydrogens is 290 g/mol. The number of aryl methyl sites for hydroxylation is 1. The van der Waals surface area contributed by atoms with Crippen LogP contribution in [0.3, 0.4) is 0 Å². The minimum absolute atomic E-state index is 0.0794. The zero-order valence-corrected chi connectivity index (χ0v) is 13.4. The first kappa shape index (κ1) is 16.5. The molecule has 0 aliphatic carbocycles. The van der Waals surface area contributed by atoms with Crippen LogP contribution in [0.15, 0.2) is 53.6 Å². The summed E-state index contributed by atoms with van der Waals surface area (Å²) in [5, 5.41) is 4.06. The Morgan fingerprint density at radius 1 is 1.13 bits per heavy atom. The van der Waals surface area contributed by atoms with Crippen LogP contribution < -0.4 is 15.9 Å². The molecule has 120 valence electrons. The first-order valence-electron chi connectivity index (χ1n) is 7.49. The fraction of sp³-hybridized carbons (Fsp3) is 0.222. The molecule has 23 heavy (non-hydrogen) atoms. The number of nitrogens with two attached hydrogens (primary N) is 1. The van der Waals surface area contributed by atoms with Crippen molar-refractivity contribution in [2.24, 2.45) is 5.10 Å². The van der Waals surface area contributed by atoms with E-state index in [2.05, 4.69) is 17.5 Å². The lowest BCUT2D eigenvalue weighted by Crippen LogP contribution is -2.25. The number of nitrogen functional groups attached to an aromatic ring is 1. The molecule has 2 aromatic rings. The standard InChI is InChI=1S/C18H21N3O2/c1-3-14-4-10-17(11-5-14)23-12-18(22)21-20-13(2)15-6-8-16(19)9-7-15/h4-11H,3,12,19H2,1-2H3,(H,21,22)/b20-13+. The van der Waals surface area contributed by atoms with Gasteiger partial charge in [0.2, 0.25) is 0 Å². The number of hydrogen-bond acceptors (Lipinski definition) is 4. The average Bonchev–Trinajstić information content (AvgIpc) is 2.59. The SMILES string of the molecule is CCc1ccc(OCC(=O)N/N=C(\C)c2ccc(N)cc2)cc1. The highest BCUT2D eigenvalue weighted by Gasteiger charge is 2.03. The van der Waals surface area contributed by atoms with Crippen molar-refractivity contribution in [3.05, 3.63) is 59.7 Å². The fourth-order valence-corrected chi connectivity index (χ4v) is 1.94. The van der Waals surface area contributed by atoms with E-state index in [9.17, 15) is 4.79 Å². The van der Waals surface area contributed by atoms with E-state index in [4.69, 9.17) is 10.5 Å². The zero-order chi connectivity index (χ0) is 16.7. The largest absolute Gasteiger partial charge is 0.484 e. The summed E-state index contributed by atoms with van der Waals surface area (Å²) in [7, 11) is 0. The number of hydrogen-bond donors (Lipinski definition) is 2. The summed E-state index contributed by atoms with van der Waals surface area (Å²) in [5.74, 6) is 0.357. The molecule has 3 N–H and O–H groups in total. The van der Waals surface area contributed by atoms with E-state index in [1.807, 2.05) is 43.3 Å². The second kappa shape index (κ2) is 7.98. The molecule has 0 unspecified atom stereocenters. The Hall–Kier alpha value is -2.82. The molecule has 5 nitrogen and oxygen atoms in total. The Kier molecular flexibility index (Phi) is 5.74. The van der Waals surface area contributed by atoms with Crippen LogP contribution in [0.2, 0.25) is 0 Å². The molecule has 0 atom stereocenters. The molecule has 0 spiro atoms. The molecule has 0 aliphatic rings. The predicted molar refractivity (Wildman–Crippen MR) is 92.5 cm³/mol. The number of carbonyl (C=O) groups excluding carboxylic acids is 1. The number of hydrazone groups is 1. The van der Waals surface area contributed by atoms with E-state index >= 15 is 0 Å². The molecule has 0 heterocycles. The van der Waals surface area contributed by atoms with Gasteiger partial charge in [0.05, 0.1) is 5.71 Å². The molecule has 1 amide bonds. The van der Waals surface area contributed by atoms with E-state index in [0.717, 1.165) is 12.0 Å². The van der Waals surface area contributed by atoms with Crippen molar-refractivity contribution >= 4 is 17.3 Å². The number of amides is 1. The summed E-state index contributed by atoms with van der Waals surface area (Å²) < 4.78 is 5.42. The van der Waals surface area contributed by atoms with Crippen LogP contribution in [0.25, 0.3) is 0 Å². The maximum Gasteiger partial charge on any atom is 0.277 e. The number of benzene rings is 2. The molecule has 0 saturated heterocycles. The van der Waals surface area contributed by atoms with E-state index < -0.39 is 0 Å². The quantitative estimate of drug-likeness (QED) is 0.489. The molecule has 0 aliphatic heterocycles. The van der Waals surface area contributed by atoms with Crippen molar-refractivity contribution in [3.8, 4) is 5.75 Å². The van der Waals surface area contributed by atoms with Crippen LogP contribution in [0.4, 0.5) is 5.69 Å². The third-order valence-corrected chi connectivity index (χ3v) is 3.38. The molecule has 0 bridgehead atoms. The van der Waals surface area contributed by atoms with Gasteiger partial charge in [0.15, 0.2) is 6.61 Å². The number of nitrogens with zero attached hydrogens (tertiary/aromatic N) is 1. The van der Waals surface area contributed by atoms with E-state index in [0.29, 0.717) is 17.1 Å². The van der Waals surface area contributed by atoms with Gasteiger partial charge in [0.25, 0.3) is 5.91 Å². The highest BCUT2D eigenvalue weighted by molar-refractivity contribution is 5.99. The van der Waals surface area contributed by atoms with Crippen LogP contribution in [0.1, 0.15) is 25.0 Å². The molecule has 2 rings (SSSR count). The lowest BCUT2D eigenvalue weighted by Gasteiger charge is -2.06. The van der Waals surface area contributed by atoms with Gasteiger partial charge in [-0.3, -0.25) is 4.79 Å². The molecule has 0 aromatic heterocycles. The van der Waals surface area contributed by atoms with Gasteiger partial charge in [0, 0.05) is 5.69 Å². The molecular formula is C18H21N3O2. The van der Waals surface area contributed by atoms with Gasteiger partial charge in [-0.15, -0.1) is 0 Å². The number of nitrogens with one attached hydrogen (secondary N) is 1. The monoisotopic (exact) mass is 311 g/mol. The highest BCUT2D eigenvalue weighted by Crippen LogP contribution is 2.12. The maximum atomic E-state index is 11.8. The van der Waals surface area contributed by atoms with Crippen molar-refractivity contribution in [2.45, 2.75) is 20.3 Å². The Morgan fingerprint density at radius 3 is 2.39 bits per heavy atom. The predicted octanol–water partition coefficient (Wildman–Crippen LogP) is 2.75. The van der Waals surface area contributed by atoms with Gasteiger partial charge in [-0.2, -0.15) is 5.10 Å². The summed E-state index contributed by atoms with van der Waals surface area (Å²) in [5.41, 5.74) is 11.6. The Morgan fingerprint density at radius 2 is 1.78 bits per heavy atom. The Labute approximate surface area is 136 Å². The molecule has 0 radical (unpaired) electrons. The second-order valence-corrected chi connectivity index (χ2v) is 5.14. The van der Waals surface area contributed by atoms with E-state index in [1.165, 1.54) is 5.56 Å². The van der Waals surface area contributed by atoms with Gasteiger partial charge in [0.1, 0.15) is 5.75 Å². The highest BCUT2D eigenvalue weighted by atomic mass is 16.5.